The Morgan fingerprint density at radius 2 is 1.73 bits per heavy atom. The lowest BCUT2D eigenvalue weighted by Gasteiger charge is -2.15. The molecule has 10 heteroatoms. The average molecular weight is 371 g/mol. The molecule has 1 rings (SSSR count). The number of hydrogen-bond donors (Lipinski definition) is 2. The molecule has 0 aliphatic carbocycles. The van der Waals surface area contributed by atoms with Gasteiger partial charge in [0.05, 0.1) is 6.42 Å². The predicted octanol–water partition coefficient (Wildman–Crippen LogP) is -0.323. The van der Waals surface area contributed by atoms with E-state index in [1.807, 2.05) is 11.9 Å². The number of nitrogens with one attached hydrogen (secondary N) is 1. The average Bonchev–Trinajstić information content (AvgIpc) is 2.88. The molecule has 1 heterocycles. The van der Waals surface area contributed by atoms with Crippen molar-refractivity contribution in [2.45, 2.75) is 44.9 Å². The SMILES string of the molecule is CN(CCCNC(=O)CCCC(=O)ON1C(=O)CCC1=O)CCC(=O)O. The van der Waals surface area contributed by atoms with E-state index in [0.29, 0.717) is 31.1 Å². The normalized spacial score (nSPS) is 14.0. The van der Waals surface area contributed by atoms with Crippen molar-refractivity contribution in [2.24, 2.45) is 0 Å². The number of carboxylic acid groups (broad SMARTS) is 1. The van der Waals surface area contributed by atoms with Crippen molar-refractivity contribution in [2.75, 3.05) is 26.7 Å². The first kappa shape index (κ1) is 21.6. The second-order valence-electron chi connectivity index (χ2n) is 6.05. The molecule has 26 heavy (non-hydrogen) atoms. The maximum atomic E-state index is 11.7. The van der Waals surface area contributed by atoms with Gasteiger partial charge in [-0.15, -0.1) is 5.06 Å². The van der Waals surface area contributed by atoms with Crippen LogP contribution in [0, 0.1) is 0 Å². The fourth-order valence-electron chi connectivity index (χ4n) is 2.26. The summed E-state index contributed by atoms with van der Waals surface area (Å²) in [5.74, 6) is -2.84. The van der Waals surface area contributed by atoms with Crippen LogP contribution in [0.25, 0.3) is 0 Å². The third-order valence-corrected chi connectivity index (χ3v) is 3.73. The molecule has 3 amide bonds. The number of imide groups is 1. The summed E-state index contributed by atoms with van der Waals surface area (Å²) in [6.07, 6.45) is 1.16. The number of nitrogens with zero attached hydrogens (tertiary/aromatic N) is 2. The number of carbonyl (C=O) groups is 5. The summed E-state index contributed by atoms with van der Waals surface area (Å²) in [7, 11) is 1.81. The Bertz CT molecular complexity index is 534. The molecule has 1 aliphatic heterocycles. The molecule has 1 saturated heterocycles. The number of aliphatic carboxylic acids is 1. The van der Waals surface area contributed by atoms with Gasteiger partial charge >= 0.3 is 11.9 Å². The predicted molar refractivity (Wildman–Crippen MR) is 88.4 cm³/mol. The van der Waals surface area contributed by atoms with Gasteiger partial charge in [-0.05, 0) is 26.4 Å². The van der Waals surface area contributed by atoms with Crippen LogP contribution in [-0.4, -0.2) is 71.4 Å². The highest BCUT2D eigenvalue weighted by Crippen LogP contribution is 2.13. The monoisotopic (exact) mass is 371 g/mol. The zero-order valence-corrected chi connectivity index (χ0v) is 14.9. The number of hydrogen-bond acceptors (Lipinski definition) is 7. The van der Waals surface area contributed by atoms with Crippen LogP contribution in [0.1, 0.15) is 44.9 Å². The molecule has 146 valence electrons. The Balaban J connectivity index is 2.06. The molecule has 0 atom stereocenters. The maximum absolute atomic E-state index is 11.7. The summed E-state index contributed by atoms with van der Waals surface area (Å²) >= 11 is 0. The van der Waals surface area contributed by atoms with Crippen LogP contribution in [0.5, 0.6) is 0 Å². The van der Waals surface area contributed by atoms with E-state index in [1.54, 1.807) is 0 Å². The van der Waals surface area contributed by atoms with Gasteiger partial charge in [0.25, 0.3) is 11.8 Å². The number of carbonyl (C=O) groups excluding carboxylic acids is 4. The third kappa shape index (κ3) is 8.56. The Hall–Kier alpha value is -2.49. The fourth-order valence-corrected chi connectivity index (χ4v) is 2.26. The smallest absolute Gasteiger partial charge is 0.333 e. The zero-order valence-electron chi connectivity index (χ0n) is 14.9. The van der Waals surface area contributed by atoms with Crippen LogP contribution in [0.3, 0.4) is 0 Å². The molecular formula is C16H25N3O7. The minimum absolute atomic E-state index is 0.0417. The molecule has 2 N–H and O–H groups in total. The van der Waals surface area contributed by atoms with Crippen molar-refractivity contribution >= 4 is 29.7 Å². The molecule has 0 aromatic carbocycles. The summed E-state index contributed by atoms with van der Waals surface area (Å²) in [4.78, 5) is 62.9. The van der Waals surface area contributed by atoms with Crippen LogP contribution in [0.4, 0.5) is 0 Å². The van der Waals surface area contributed by atoms with Gasteiger partial charge in [-0.1, -0.05) is 0 Å². The Morgan fingerprint density at radius 1 is 1.08 bits per heavy atom. The quantitative estimate of drug-likeness (QED) is 0.352. The lowest BCUT2D eigenvalue weighted by molar-refractivity contribution is -0.197. The van der Waals surface area contributed by atoms with Crippen LogP contribution < -0.4 is 5.32 Å². The van der Waals surface area contributed by atoms with Crippen LogP contribution in [0.2, 0.25) is 0 Å². The molecule has 0 bridgehead atoms. The molecule has 0 radical (unpaired) electrons. The Morgan fingerprint density at radius 3 is 2.35 bits per heavy atom. The Kier molecular flexibility index (Phi) is 9.27. The molecular weight excluding hydrogens is 346 g/mol. The van der Waals surface area contributed by atoms with Gasteiger partial charge < -0.3 is 20.2 Å². The minimum Gasteiger partial charge on any atom is -0.481 e. The molecule has 0 aromatic rings. The van der Waals surface area contributed by atoms with Crippen LogP contribution >= 0.6 is 0 Å². The van der Waals surface area contributed by atoms with Crippen molar-refractivity contribution in [3.05, 3.63) is 0 Å². The number of carboxylic acids is 1. The summed E-state index contributed by atoms with van der Waals surface area (Å²) in [6, 6.07) is 0. The van der Waals surface area contributed by atoms with Crippen molar-refractivity contribution < 1.29 is 33.9 Å². The largest absolute Gasteiger partial charge is 0.481 e. The summed E-state index contributed by atoms with van der Waals surface area (Å²) in [5, 5.41) is 11.8. The van der Waals surface area contributed by atoms with Gasteiger partial charge in [-0.2, -0.15) is 0 Å². The highest BCUT2D eigenvalue weighted by Gasteiger charge is 2.32. The third-order valence-electron chi connectivity index (χ3n) is 3.73. The van der Waals surface area contributed by atoms with Crippen LogP contribution in [0.15, 0.2) is 0 Å². The van der Waals surface area contributed by atoms with Crippen LogP contribution in [-0.2, 0) is 28.8 Å². The summed E-state index contributed by atoms with van der Waals surface area (Å²) in [5.41, 5.74) is 0. The van der Waals surface area contributed by atoms with Gasteiger partial charge in [0.1, 0.15) is 0 Å². The van der Waals surface area contributed by atoms with Crippen molar-refractivity contribution in [1.29, 1.82) is 0 Å². The summed E-state index contributed by atoms with van der Waals surface area (Å²) < 4.78 is 0. The number of hydroxylamine groups is 2. The molecule has 10 nitrogen and oxygen atoms in total. The number of amides is 3. The number of rotatable bonds is 12. The molecule has 0 spiro atoms. The van der Waals surface area contributed by atoms with Gasteiger partial charge in [-0.3, -0.25) is 19.2 Å². The minimum atomic E-state index is -0.845. The van der Waals surface area contributed by atoms with Gasteiger partial charge in [0.15, 0.2) is 0 Å². The van der Waals surface area contributed by atoms with Crippen molar-refractivity contribution in [1.82, 2.24) is 15.3 Å². The fraction of sp³-hybridized carbons (Fsp3) is 0.688. The van der Waals surface area contributed by atoms with E-state index in [9.17, 15) is 24.0 Å². The van der Waals surface area contributed by atoms with E-state index in [1.165, 1.54) is 0 Å². The molecule has 0 saturated carbocycles. The summed E-state index contributed by atoms with van der Waals surface area (Å²) in [6.45, 7) is 1.57. The molecule has 1 fully saturated rings. The standard InChI is InChI=1S/C16H25N3O7/c1-18(11-8-15(23)24)10-3-9-17-12(20)4-2-5-16(25)26-19-13(21)6-7-14(19)22/h2-11H2,1H3,(H,17,20)(H,23,24). The van der Waals surface area contributed by atoms with E-state index in [-0.39, 0.29) is 44.4 Å². The van der Waals surface area contributed by atoms with Gasteiger partial charge in [-0.25, -0.2) is 4.79 Å². The van der Waals surface area contributed by atoms with Crippen molar-refractivity contribution in [3.8, 4) is 0 Å². The van der Waals surface area contributed by atoms with Gasteiger partial charge in [0.2, 0.25) is 5.91 Å². The van der Waals surface area contributed by atoms with Gasteiger partial charge in [0, 0.05) is 38.8 Å². The molecule has 0 unspecified atom stereocenters. The topological polar surface area (TPSA) is 133 Å². The van der Waals surface area contributed by atoms with E-state index < -0.39 is 23.8 Å². The zero-order chi connectivity index (χ0) is 19.5. The Labute approximate surface area is 151 Å². The first-order valence-electron chi connectivity index (χ1n) is 8.53. The lowest BCUT2D eigenvalue weighted by Crippen LogP contribution is -2.32. The van der Waals surface area contributed by atoms with E-state index in [0.717, 1.165) is 0 Å². The molecule has 0 aromatic heterocycles. The second kappa shape index (κ2) is 11.2. The highest BCUT2D eigenvalue weighted by atomic mass is 16.7. The molecule has 1 aliphatic rings. The van der Waals surface area contributed by atoms with Crippen molar-refractivity contribution in [3.63, 3.8) is 0 Å². The first-order chi connectivity index (χ1) is 12.3. The maximum Gasteiger partial charge on any atom is 0.333 e. The van der Waals surface area contributed by atoms with E-state index in [4.69, 9.17) is 9.94 Å². The van der Waals surface area contributed by atoms with E-state index in [2.05, 4.69) is 5.32 Å². The van der Waals surface area contributed by atoms with E-state index >= 15 is 0 Å². The highest BCUT2D eigenvalue weighted by molar-refractivity contribution is 6.01. The first-order valence-corrected chi connectivity index (χ1v) is 8.53. The lowest BCUT2D eigenvalue weighted by atomic mass is 10.2. The second-order valence-corrected chi connectivity index (χ2v) is 6.05.